The number of carbonyl (C=O) groups excluding carboxylic acids is 6. The van der Waals surface area contributed by atoms with Gasteiger partial charge in [0.15, 0.2) is 0 Å². The van der Waals surface area contributed by atoms with Crippen molar-refractivity contribution in [2.24, 2.45) is 21.7 Å². The second-order valence-corrected chi connectivity index (χ2v) is 18.7. The van der Waals surface area contributed by atoms with Crippen LogP contribution in [-0.2, 0) is 43.0 Å². The number of ketones is 1. The van der Waals surface area contributed by atoms with Crippen molar-refractivity contribution in [1.29, 1.82) is 0 Å². The number of hydrogen-bond acceptors (Lipinski definition) is 9. The van der Waals surface area contributed by atoms with E-state index in [4.69, 9.17) is 14.2 Å². The van der Waals surface area contributed by atoms with E-state index in [2.05, 4.69) is 0 Å². The zero-order valence-corrected chi connectivity index (χ0v) is 38.7. The van der Waals surface area contributed by atoms with Gasteiger partial charge in [0.05, 0.1) is 36.1 Å². The molecule has 0 aliphatic rings. The van der Waals surface area contributed by atoms with Crippen molar-refractivity contribution in [3.8, 4) is 0 Å². The van der Waals surface area contributed by atoms with Gasteiger partial charge in [0.25, 0.3) is 0 Å². The number of rotatable bonds is 40. The number of aldehydes is 2. The minimum absolute atomic E-state index is 0.0246. The van der Waals surface area contributed by atoms with E-state index in [1.165, 1.54) is 64.2 Å². The first-order valence-electron chi connectivity index (χ1n) is 23.5. The van der Waals surface area contributed by atoms with Crippen LogP contribution in [-0.4, -0.2) is 56.1 Å². The van der Waals surface area contributed by atoms with Crippen LogP contribution in [0.4, 0.5) is 0 Å². The molecule has 0 aliphatic carbocycles. The fraction of sp³-hybridized carbons (Fsp3) is 0.878. The van der Waals surface area contributed by atoms with Crippen LogP contribution < -0.4 is 0 Å². The van der Waals surface area contributed by atoms with Gasteiger partial charge in [-0.25, -0.2) is 0 Å². The van der Waals surface area contributed by atoms with E-state index >= 15 is 0 Å². The average molecular weight is 821 g/mol. The minimum Gasteiger partial charge on any atom is -0.466 e. The van der Waals surface area contributed by atoms with Gasteiger partial charge in [-0.05, 0) is 92.9 Å². The molecule has 0 spiro atoms. The van der Waals surface area contributed by atoms with Crippen molar-refractivity contribution in [2.45, 2.75) is 235 Å². The Morgan fingerprint density at radius 3 is 1.07 bits per heavy atom. The lowest BCUT2D eigenvalue weighted by molar-refractivity contribution is -0.170. The van der Waals surface area contributed by atoms with E-state index in [0.29, 0.717) is 25.9 Å². The summed E-state index contributed by atoms with van der Waals surface area (Å²) in [4.78, 5) is 75.3. The first-order chi connectivity index (χ1) is 27.6. The Hall–Kier alpha value is -2.58. The highest BCUT2D eigenvalue weighted by molar-refractivity contribution is 5.85. The standard InChI is InChI=1S/C49H88O9/c1-9-47(6,42(3)52)40-49(8,44(54)56-10-2)41-48(7,45(55)58-38-34-30-26-22-18-14-12-16-20-24-28-32-36-51)39-46(4,5)43(53)57-37-33-29-25-21-17-13-11-15-19-23-27-31-35-50/h35-36H,9-34,37-41H2,1-8H3. The molecule has 58 heavy (non-hydrogen) atoms. The molecule has 9 heteroatoms. The molecule has 0 saturated carbocycles. The summed E-state index contributed by atoms with van der Waals surface area (Å²) in [5.74, 6) is -1.31. The van der Waals surface area contributed by atoms with E-state index in [1.807, 2.05) is 13.8 Å². The van der Waals surface area contributed by atoms with Crippen LogP contribution in [0.5, 0.6) is 0 Å². The number of ether oxygens (including phenoxy) is 3. The van der Waals surface area contributed by atoms with Gasteiger partial charge in [-0.1, -0.05) is 129 Å². The Balaban J connectivity index is 5.41. The largest absolute Gasteiger partial charge is 0.466 e. The predicted octanol–water partition coefficient (Wildman–Crippen LogP) is 12.6. The molecule has 0 saturated heterocycles. The van der Waals surface area contributed by atoms with Crippen molar-refractivity contribution in [3.05, 3.63) is 0 Å². The second-order valence-electron chi connectivity index (χ2n) is 18.7. The molecule has 0 aromatic carbocycles. The number of hydrogen-bond donors (Lipinski definition) is 0. The molecule has 0 fully saturated rings. The maximum Gasteiger partial charge on any atom is 0.311 e. The maximum atomic E-state index is 14.2. The highest BCUT2D eigenvalue weighted by Gasteiger charge is 2.52. The first-order valence-corrected chi connectivity index (χ1v) is 23.5. The minimum atomic E-state index is -1.24. The Morgan fingerprint density at radius 1 is 0.414 bits per heavy atom. The van der Waals surface area contributed by atoms with E-state index in [-0.39, 0.29) is 44.2 Å². The van der Waals surface area contributed by atoms with Crippen molar-refractivity contribution >= 4 is 36.3 Å². The van der Waals surface area contributed by atoms with E-state index in [0.717, 1.165) is 89.6 Å². The molecular formula is C49H88O9. The molecule has 0 radical (unpaired) electrons. The SMILES string of the molecule is CCOC(=O)C(C)(CC(C)(CC)C(C)=O)CC(C)(CC(C)(C)C(=O)OCCCCCCCCCCCCCC=O)C(=O)OCCCCCCCCCCCCCC=O. The van der Waals surface area contributed by atoms with Gasteiger partial charge >= 0.3 is 17.9 Å². The Morgan fingerprint density at radius 2 is 0.724 bits per heavy atom. The average Bonchev–Trinajstić information content (AvgIpc) is 3.17. The number of Topliss-reactive ketones (excluding diaryl/α,β-unsaturated/α-hetero) is 1. The topological polar surface area (TPSA) is 130 Å². The summed E-state index contributed by atoms with van der Waals surface area (Å²) in [6, 6.07) is 0. The fourth-order valence-corrected chi connectivity index (χ4v) is 8.53. The molecule has 9 nitrogen and oxygen atoms in total. The predicted molar refractivity (Wildman–Crippen MR) is 234 cm³/mol. The molecule has 0 N–H and O–H groups in total. The van der Waals surface area contributed by atoms with Crippen LogP contribution in [0.3, 0.4) is 0 Å². The summed E-state index contributed by atoms with van der Waals surface area (Å²) in [7, 11) is 0. The van der Waals surface area contributed by atoms with Crippen molar-refractivity contribution in [1.82, 2.24) is 0 Å². The van der Waals surface area contributed by atoms with Crippen molar-refractivity contribution in [3.63, 3.8) is 0 Å². The van der Waals surface area contributed by atoms with E-state index < -0.39 is 33.6 Å². The fourth-order valence-electron chi connectivity index (χ4n) is 8.53. The monoisotopic (exact) mass is 821 g/mol. The summed E-state index contributed by atoms with van der Waals surface area (Å²) >= 11 is 0. The Kier molecular flexibility index (Phi) is 30.8. The molecule has 0 amide bonds. The number of carbonyl (C=O) groups is 6. The van der Waals surface area contributed by atoms with Gasteiger partial charge in [-0.15, -0.1) is 0 Å². The lowest BCUT2D eigenvalue weighted by atomic mass is 9.61. The van der Waals surface area contributed by atoms with Gasteiger partial charge in [0.1, 0.15) is 18.4 Å². The van der Waals surface area contributed by atoms with Crippen LogP contribution in [0, 0.1) is 21.7 Å². The van der Waals surface area contributed by atoms with E-state index in [1.54, 1.807) is 41.5 Å². The third kappa shape index (κ3) is 24.5. The summed E-state index contributed by atoms with van der Waals surface area (Å²) in [6.07, 6.45) is 28.6. The molecular weight excluding hydrogens is 733 g/mol. The molecule has 338 valence electrons. The Labute approximate surface area is 355 Å². The summed E-state index contributed by atoms with van der Waals surface area (Å²) in [5.41, 5.74) is -4.26. The van der Waals surface area contributed by atoms with Crippen molar-refractivity contribution < 1.29 is 43.0 Å². The molecule has 0 aromatic heterocycles. The zero-order chi connectivity index (χ0) is 43.8. The van der Waals surface area contributed by atoms with Crippen LogP contribution in [0.15, 0.2) is 0 Å². The van der Waals surface area contributed by atoms with Crippen LogP contribution in [0.2, 0.25) is 0 Å². The van der Waals surface area contributed by atoms with Gasteiger partial charge in [0.2, 0.25) is 0 Å². The lowest BCUT2D eigenvalue weighted by Crippen LogP contribution is -2.46. The molecule has 0 rings (SSSR count). The number of unbranched alkanes of at least 4 members (excludes halogenated alkanes) is 22. The molecule has 3 unspecified atom stereocenters. The normalized spacial score (nSPS) is 14.8. The summed E-state index contributed by atoms with van der Waals surface area (Å²) in [5, 5.41) is 0. The molecule has 3 atom stereocenters. The van der Waals surface area contributed by atoms with Crippen LogP contribution >= 0.6 is 0 Å². The number of esters is 3. The quantitative estimate of drug-likeness (QED) is 0.0256. The Bertz CT molecular complexity index is 1150. The first kappa shape index (κ1) is 55.4. The van der Waals surface area contributed by atoms with Crippen LogP contribution in [0.1, 0.15) is 235 Å². The second kappa shape index (κ2) is 32.2. The third-order valence-electron chi connectivity index (χ3n) is 12.2. The van der Waals surface area contributed by atoms with Gasteiger partial charge in [-0.3, -0.25) is 19.2 Å². The maximum absolute atomic E-state index is 14.2. The highest BCUT2D eigenvalue weighted by Crippen LogP contribution is 2.49. The summed E-state index contributed by atoms with van der Waals surface area (Å²) in [6.45, 7) is 15.0. The van der Waals surface area contributed by atoms with Crippen LogP contribution in [0.25, 0.3) is 0 Å². The zero-order valence-electron chi connectivity index (χ0n) is 38.7. The lowest BCUT2D eigenvalue weighted by Gasteiger charge is -2.42. The molecule has 0 bridgehead atoms. The third-order valence-corrected chi connectivity index (χ3v) is 12.2. The van der Waals surface area contributed by atoms with Gasteiger partial charge < -0.3 is 23.8 Å². The summed E-state index contributed by atoms with van der Waals surface area (Å²) < 4.78 is 17.4. The van der Waals surface area contributed by atoms with Gasteiger partial charge in [0, 0.05) is 18.3 Å². The highest BCUT2D eigenvalue weighted by atomic mass is 16.5. The molecule has 0 heterocycles. The van der Waals surface area contributed by atoms with E-state index in [9.17, 15) is 28.8 Å². The smallest absolute Gasteiger partial charge is 0.311 e. The molecule has 0 aliphatic heterocycles. The van der Waals surface area contributed by atoms with Crippen molar-refractivity contribution in [2.75, 3.05) is 19.8 Å². The molecule has 0 aromatic rings. The van der Waals surface area contributed by atoms with Gasteiger partial charge in [-0.2, -0.15) is 0 Å².